The summed E-state index contributed by atoms with van der Waals surface area (Å²) in [5.41, 5.74) is 0. The van der Waals surface area contributed by atoms with Crippen LogP contribution >= 0.6 is 31.9 Å². The summed E-state index contributed by atoms with van der Waals surface area (Å²) in [6.45, 7) is 6.70. The van der Waals surface area contributed by atoms with Crippen LogP contribution in [0.15, 0.2) is 27.1 Å². The zero-order valence-electron chi connectivity index (χ0n) is 12.3. The first-order chi connectivity index (χ1) is 9.94. The fourth-order valence-electron chi connectivity index (χ4n) is 2.56. The molecule has 1 saturated heterocycles. The molecule has 1 heterocycles. The van der Waals surface area contributed by atoms with E-state index in [1.165, 1.54) is 0 Å². The molecule has 1 aromatic rings. The highest BCUT2D eigenvalue weighted by molar-refractivity contribution is 9.11. The second-order valence-corrected chi connectivity index (χ2v) is 7.29. The first-order valence-corrected chi connectivity index (χ1v) is 8.66. The van der Waals surface area contributed by atoms with E-state index < -0.39 is 6.10 Å². The number of ether oxygens (including phenoxy) is 2. The minimum atomic E-state index is -0.516. The molecular formula is C15H21Br2NO3. The van der Waals surface area contributed by atoms with Crippen LogP contribution in [0.25, 0.3) is 0 Å². The smallest absolute Gasteiger partial charge is 0.133 e. The number of hydrogen-bond acceptors (Lipinski definition) is 4. The van der Waals surface area contributed by atoms with Crippen molar-refractivity contribution in [2.75, 3.05) is 26.2 Å². The maximum absolute atomic E-state index is 10.1. The van der Waals surface area contributed by atoms with Crippen molar-refractivity contribution < 1.29 is 14.6 Å². The lowest BCUT2D eigenvalue weighted by atomic mass is 10.2. The molecule has 1 fully saturated rings. The van der Waals surface area contributed by atoms with Crippen LogP contribution in [-0.4, -0.2) is 54.6 Å². The molecule has 21 heavy (non-hydrogen) atoms. The van der Waals surface area contributed by atoms with Crippen LogP contribution in [0.5, 0.6) is 5.75 Å². The molecule has 0 saturated carbocycles. The monoisotopic (exact) mass is 421 g/mol. The minimum absolute atomic E-state index is 0.211. The number of β-amino-alcohol motifs (C(OH)–C–C–N with tert-alkyl or cyclic N) is 1. The SMILES string of the molecule is C[C@@H]1CN(C[C@@H](O)COc2ccc(Br)cc2Br)C[C@@H](C)O1. The van der Waals surface area contributed by atoms with Gasteiger partial charge in [-0.1, -0.05) is 15.9 Å². The van der Waals surface area contributed by atoms with Gasteiger partial charge in [-0.2, -0.15) is 0 Å². The third-order valence-electron chi connectivity index (χ3n) is 3.29. The normalized spacial score (nSPS) is 24.8. The van der Waals surface area contributed by atoms with Gasteiger partial charge in [0.1, 0.15) is 18.5 Å². The van der Waals surface area contributed by atoms with E-state index in [9.17, 15) is 5.11 Å². The van der Waals surface area contributed by atoms with Crippen LogP contribution in [0.3, 0.4) is 0 Å². The van der Waals surface area contributed by atoms with Crippen molar-refractivity contribution in [3.8, 4) is 5.75 Å². The molecular weight excluding hydrogens is 402 g/mol. The van der Waals surface area contributed by atoms with Gasteiger partial charge >= 0.3 is 0 Å². The van der Waals surface area contributed by atoms with E-state index in [1.807, 2.05) is 18.2 Å². The quantitative estimate of drug-likeness (QED) is 0.791. The van der Waals surface area contributed by atoms with Crippen molar-refractivity contribution in [3.05, 3.63) is 27.1 Å². The summed E-state index contributed by atoms with van der Waals surface area (Å²) in [4.78, 5) is 2.23. The molecule has 0 bridgehead atoms. The molecule has 0 spiro atoms. The molecule has 1 aliphatic heterocycles. The summed E-state index contributed by atoms with van der Waals surface area (Å²) in [5.74, 6) is 0.737. The third-order valence-corrected chi connectivity index (χ3v) is 4.40. The zero-order chi connectivity index (χ0) is 15.4. The third kappa shape index (κ3) is 5.53. The number of morpholine rings is 1. The van der Waals surface area contributed by atoms with Gasteiger partial charge in [-0.05, 0) is 48.0 Å². The van der Waals surface area contributed by atoms with Gasteiger partial charge in [0.15, 0.2) is 0 Å². The van der Waals surface area contributed by atoms with Crippen LogP contribution in [0.1, 0.15) is 13.8 Å². The summed E-state index contributed by atoms with van der Waals surface area (Å²) in [6.07, 6.45) is -0.0944. The number of aliphatic hydroxyl groups is 1. The fourth-order valence-corrected chi connectivity index (χ4v) is 3.72. The van der Waals surface area contributed by atoms with Crippen molar-refractivity contribution in [3.63, 3.8) is 0 Å². The summed E-state index contributed by atoms with van der Waals surface area (Å²) < 4.78 is 13.2. The van der Waals surface area contributed by atoms with E-state index in [4.69, 9.17) is 9.47 Å². The Morgan fingerprint density at radius 2 is 2.00 bits per heavy atom. The highest BCUT2D eigenvalue weighted by Crippen LogP contribution is 2.28. The standard InChI is InChI=1S/C15H21Br2NO3/c1-10-6-18(7-11(2)21-10)8-13(19)9-20-15-4-3-12(16)5-14(15)17/h3-5,10-11,13,19H,6-9H2,1-2H3/t10-,11-,13-/m1/s1. The second-order valence-electron chi connectivity index (χ2n) is 5.52. The summed E-state index contributed by atoms with van der Waals surface area (Å²) >= 11 is 6.85. The summed E-state index contributed by atoms with van der Waals surface area (Å²) in [6, 6.07) is 5.71. The van der Waals surface area contributed by atoms with Crippen LogP contribution in [0.2, 0.25) is 0 Å². The van der Waals surface area contributed by atoms with Gasteiger partial charge in [-0.3, -0.25) is 4.90 Å². The van der Waals surface area contributed by atoms with Crippen molar-refractivity contribution in [1.82, 2.24) is 4.90 Å². The highest BCUT2D eigenvalue weighted by atomic mass is 79.9. The average Bonchev–Trinajstić information content (AvgIpc) is 2.36. The topological polar surface area (TPSA) is 41.9 Å². The lowest BCUT2D eigenvalue weighted by Crippen LogP contribution is -2.48. The summed E-state index contributed by atoms with van der Waals surface area (Å²) in [7, 11) is 0. The minimum Gasteiger partial charge on any atom is -0.490 e. The molecule has 0 radical (unpaired) electrons. The van der Waals surface area contributed by atoms with Crippen molar-refractivity contribution >= 4 is 31.9 Å². The highest BCUT2D eigenvalue weighted by Gasteiger charge is 2.24. The van der Waals surface area contributed by atoms with Gasteiger partial charge in [0, 0.05) is 24.1 Å². The van der Waals surface area contributed by atoms with E-state index in [0.29, 0.717) is 6.54 Å². The molecule has 1 aliphatic rings. The van der Waals surface area contributed by atoms with Gasteiger partial charge in [-0.15, -0.1) is 0 Å². The number of rotatable bonds is 5. The summed E-state index contributed by atoms with van der Waals surface area (Å²) in [5, 5.41) is 10.1. The van der Waals surface area contributed by atoms with Gasteiger partial charge < -0.3 is 14.6 Å². The number of aliphatic hydroxyl groups excluding tert-OH is 1. The molecule has 4 nitrogen and oxygen atoms in total. The van der Waals surface area contributed by atoms with Gasteiger partial charge in [0.05, 0.1) is 16.7 Å². The molecule has 0 aliphatic carbocycles. The Morgan fingerprint density at radius 1 is 1.33 bits per heavy atom. The number of benzene rings is 1. The van der Waals surface area contributed by atoms with Crippen LogP contribution in [0, 0.1) is 0 Å². The lowest BCUT2D eigenvalue weighted by Gasteiger charge is -2.36. The maximum Gasteiger partial charge on any atom is 0.133 e. The second kappa shape index (κ2) is 7.92. The van der Waals surface area contributed by atoms with E-state index in [2.05, 4.69) is 50.6 Å². The Morgan fingerprint density at radius 3 is 2.62 bits per heavy atom. The molecule has 6 heteroatoms. The largest absolute Gasteiger partial charge is 0.490 e. The molecule has 3 atom stereocenters. The average molecular weight is 423 g/mol. The Kier molecular flexibility index (Phi) is 6.50. The zero-order valence-corrected chi connectivity index (χ0v) is 15.4. The van der Waals surface area contributed by atoms with Crippen LogP contribution < -0.4 is 4.74 Å². The molecule has 0 amide bonds. The Balaban J connectivity index is 1.80. The van der Waals surface area contributed by atoms with Crippen LogP contribution in [-0.2, 0) is 4.74 Å². The predicted octanol–water partition coefficient (Wildman–Crippen LogP) is 3.06. The molecule has 2 rings (SSSR count). The first-order valence-electron chi connectivity index (χ1n) is 7.07. The molecule has 118 valence electrons. The van der Waals surface area contributed by atoms with Crippen LogP contribution in [0.4, 0.5) is 0 Å². The van der Waals surface area contributed by atoms with E-state index >= 15 is 0 Å². The maximum atomic E-state index is 10.1. The number of nitrogens with zero attached hydrogens (tertiary/aromatic N) is 1. The Bertz CT molecular complexity index is 462. The molecule has 1 N–H and O–H groups in total. The molecule has 0 aromatic heterocycles. The van der Waals surface area contributed by atoms with Crippen molar-refractivity contribution in [1.29, 1.82) is 0 Å². The van der Waals surface area contributed by atoms with Crippen molar-refractivity contribution in [2.45, 2.75) is 32.2 Å². The number of hydrogen-bond donors (Lipinski definition) is 1. The Labute approximate surface area is 142 Å². The van der Waals surface area contributed by atoms with E-state index in [0.717, 1.165) is 27.8 Å². The molecule has 1 aromatic carbocycles. The van der Waals surface area contributed by atoms with Gasteiger partial charge in [-0.25, -0.2) is 0 Å². The first kappa shape index (κ1) is 17.2. The molecule has 0 unspecified atom stereocenters. The van der Waals surface area contributed by atoms with Gasteiger partial charge in [0.2, 0.25) is 0 Å². The van der Waals surface area contributed by atoms with Crippen molar-refractivity contribution in [2.24, 2.45) is 0 Å². The van der Waals surface area contributed by atoms with E-state index in [1.54, 1.807) is 0 Å². The fraction of sp³-hybridized carbons (Fsp3) is 0.600. The Hall–Kier alpha value is -0.140. The lowest BCUT2D eigenvalue weighted by molar-refractivity contribution is -0.0787. The predicted molar refractivity (Wildman–Crippen MR) is 89.8 cm³/mol. The van der Waals surface area contributed by atoms with E-state index in [-0.39, 0.29) is 18.8 Å². The van der Waals surface area contributed by atoms with Gasteiger partial charge in [0.25, 0.3) is 0 Å². The number of halogens is 2.